The van der Waals surface area contributed by atoms with Gasteiger partial charge in [0.15, 0.2) is 0 Å². The maximum absolute atomic E-state index is 11.7. The Balaban J connectivity index is 1.78. The van der Waals surface area contributed by atoms with E-state index in [1.165, 1.54) is 5.56 Å². The lowest BCUT2D eigenvalue weighted by atomic mass is 10.1. The highest BCUT2D eigenvalue weighted by molar-refractivity contribution is 9.10. The first-order valence-electron chi connectivity index (χ1n) is 6.35. The number of urea groups is 1. The minimum Gasteiger partial charge on any atom is -0.337 e. The lowest BCUT2D eigenvalue weighted by molar-refractivity contribution is 0.252. The summed E-state index contributed by atoms with van der Waals surface area (Å²) in [4.78, 5) is 15.8. The first-order valence-corrected chi connectivity index (χ1v) is 7.15. The second-order valence-electron chi connectivity index (χ2n) is 4.48. The quantitative estimate of drug-likeness (QED) is 0.899. The zero-order valence-corrected chi connectivity index (χ0v) is 12.8. The fourth-order valence-corrected chi connectivity index (χ4v) is 2.22. The molecule has 1 aromatic heterocycles. The van der Waals surface area contributed by atoms with Crippen molar-refractivity contribution in [2.45, 2.75) is 13.3 Å². The van der Waals surface area contributed by atoms with Crippen molar-refractivity contribution in [3.8, 4) is 0 Å². The Kier molecular flexibility index (Phi) is 5.12. The maximum atomic E-state index is 11.7. The summed E-state index contributed by atoms with van der Waals surface area (Å²) in [6.07, 6.45) is 2.46. The summed E-state index contributed by atoms with van der Waals surface area (Å²) in [6.45, 7) is 2.53. The third-order valence-corrected chi connectivity index (χ3v) is 3.24. The molecular weight excluding hydrogens is 318 g/mol. The van der Waals surface area contributed by atoms with Crippen LogP contribution >= 0.6 is 15.9 Å². The molecule has 0 atom stereocenters. The number of hydrogen-bond acceptors (Lipinski definition) is 2. The van der Waals surface area contributed by atoms with Crippen molar-refractivity contribution in [1.29, 1.82) is 0 Å². The van der Waals surface area contributed by atoms with Crippen molar-refractivity contribution in [2.75, 3.05) is 11.9 Å². The van der Waals surface area contributed by atoms with Gasteiger partial charge < -0.3 is 5.32 Å². The molecule has 0 spiro atoms. The smallest absolute Gasteiger partial charge is 0.320 e. The van der Waals surface area contributed by atoms with E-state index in [1.807, 2.05) is 43.3 Å². The summed E-state index contributed by atoms with van der Waals surface area (Å²) in [5.74, 6) is 0.560. The van der Waals surface area contributed by atoms with Crippen molar-refractivity contribution in [1.82, 2.24) is 10.3 Å². The molecule has 0 radical (unpaired) electrons. The van der Waals surface area contributed by atoms with Crippen LogP contribution in [0.5, 0.6) is 0 Å². The van der Waals surface area contributed by atoms with Crippen molar-refractivity contribution in [3.63, 3.8) is 0 Å². The van der Waals surface area contributed by atoms with Gasteiger partial charge in [-0.3, -0.25) is 5.32 Å². The molecule has 1 aromatic carbocycles. The summed E-state index contributed by atoms with van der Waals surface area (Å²) in [5.41, 5.74) is 2.23. The van der Waals surface area contributed by atoms with Gasteiger partial charge in [-0.25, -0.2) is 9.78 Å². The van der Waals surface area contributed by atoms with E-state index in [1.54, 1.807) is 6.20 Å². The number of nitrogens with zero attached hydrogens (tertiary/aromatic N) is 1. The van der Waals surface area contributed by atoms with E-state index in [4.69, 9.17) is 0 Å². The predicted octanol–water partition coefficient (Wildman–Crippen LogP) is 3.52. The maximum Gasteiger partial charge on any atom is 0.320 e. The first-order chi connectivity index (χ1) is 9.63. The Bertz CT molecular complexity index is 601. The van der Waals surface area contributed by atoms with E-state index in [0.717, 1.165) is 16.5 Å². The molecule has 0 bridgehead atoms. The molecular formula is C15H16BrN3O. The van der Waals surface area contributed by atoms with Crippen molar-refractivity contribution < 1.29 is 4.79 Å². The van der Waals surface area contributed by atoms with Crippen LogP contribution in [0.1, 0.15) is 11.1 Å². The second kappa shape index (κ2) is 7.05. The van der Waals surface area contributed by atoms with Gasteiger partial charge in [-0.05, 0) is 48.7 Å². The third kappa shape index (κ3) is 4.66. The molecule has 20 heavy (non-hydrogen) atoms. The van der Waals surface area contributed by atoms with E-state index in [9.17, 15) is 4.79 Å². The molecule has 0 saturated heterocycles. The topological polar surface area (TPSA) is 54.0 Å². The van der Waals surface area contributed by atoms with E-state index in [-0.39, 0.29) is 6.03 Å². The Labute approximate surface area is 126 Å². The molecule has 0 aliphatic heterocycles. The SMILES string of the molecule is Cc1ccnc(NC(=O)NCCc2cccc(Br)c2)c1. The number of aryl methyl sites for hydroxylation is 1. The standard InChI is InChI=1S/C15H16BrN3O/c1-11-5-7-17-14(9-11)19-15(20)18-8-6-12-3-2-4-13(16)10-12/h2-5,7,9-10H,6,8H2,1H3,(H2,17,18,19,20). The van der Waals surface area contributed by atoms with Crippen molar-refractivity contribution >= 4 is 27.8 Å². The lowest BCUT2D eigenvalue weighted by Crippen LogP contribution is -2.30. The number of halogens is 1. The number of anilines is 1. The number of nitrogens with one attached hydrogen (secondary N) is 2. The molecule has 2 aromatic rings. The van der Waals surface area contributed by atoms with Crippen LogP contribution in [0.4, 0.5) is 10.6 Å². The minimum absolute atomic E-state index is 0.238. The van der Waals surface area contributed by atoms with Gasteiger partial charge in [-0.2, -0.15) is 0 Å². The highest BCUT2D eigenvalue weighted by Gasteiger charge is 2.02. The van der Waals surface area contributed by atoms with Crippen LogP contribution in [0.3, 0.4) is 0 Å². The average molecular weight is 334 g/mol. The Morgan fingerprint density at radius 2 is 2.15 bits per heavy atom. The lowest BCUT2D eigenvalue weighted by Gasteiger charge is -2.07. The summed E-state index contributed by atoms with van der Waals surface area (Å²) in [7, 11) is 0. The molecule has 2 N–H and O–H groups in total. The molecule has 4 nitrogen and oxygen atoms in total. The fourth-order valence-electron chi connectivity index (χ4n) is 1.78. The van der Waals surface area contributed by atoms with Crippen molar-refractivity contribution in [3.05, 3.63) is 58.2 Å². The van der Waals surface area contributed by atoms with Gasteiger partial charge in [0.25, 0.3) is 0 Å². The second-order valence-corrected chi connectivity index (χ2v) is 5.39. The molecule has 1 heterocycles. The highest BCUT2D eigenvalue weighted by atomic mass is 79.9. The molecule has 104 valence electrons. The van der Waals surface area contributed by atoms with Crippen LogP contribution in [0.2, 0.25) is 0 Å². The molecule has 5 heteroatoms. The van der Waals surface area contributed by atoms with Crippen LogP contribution in [-0.4, -0.2) is 17.6 Å². The number of rotatable bonds is 4. The minimum atomic E-state index is -0.238. The van der Waals surface area contributed by atoms with Gasteiger partial charge in [-0.15, -0.1) is 0 Å². The number of aromatic nitrogens is 1. The summed E-state index contributed by atoms with van der Waals surface area (Å²) in [5, 5.41) is 5.52. The van der Waals surface area contributed by atoms with Gasteiger partial charge >= 0.3 is 6.03 Å². The predicted molar refractivity (Wildman–Crippen MR) is 83.8 cm³/mol. The van der Waals surface area contributed by atoms with Crippen LogP contribution in [0.25, 0.3) is 0 Å². The van der Waals surface area contributed by atoms with Gasteiger partial charge in [0, 0.05) is 17.2 Å². The number of amides is 2. The largest absolute Gasteiger partial charge is 0.337 e. The zero-order valence-electron chi connectivity index (χ0n) is 11.2. The van der Waals surface area contributed by atoms with Gasteiger partial charge in [0.05, 0.1) is 0 Å². The third-order valence-electron chi connectivity index (χ3n) is 2.75. The molecule has 0 unspecified atom stereocenters. The van der Waals surface area contributed by atoms with Crippen LogP contribution in [-0.2, 0) is 6.42 Å². The van der Waals surface area contributed by atoms with Crippen molar-refractivity contribution in [2.24, 2.45) is 0 Å². The molecule has 0 fully saturated rings. The monoisotopic (exact) mass is 333 g/mol. The van der Waals surface area contributed by atoms with Gasteiger partial charge in [0.1, 0.15) is 5.82 Å². The molecule has 0 aliphatic rings. The molecule has 2 amide bonds. The van der Waals surface area contributed by atoms with Crippen LogP contribution in [0, 0.1) is 6.92 Å². The van der Waals surface area contributed by atoms with Gasteiger partial charge in [-0.1, -0.05) is 28.1 Å². The van der Waals surface area contributed by atoms with Crippen LogP contribution < -0.4 is 10.6 Å². The van der Waals surface area contributed by atoms with E-state index in [2.05, 4.69) is 31.5 Å². The van der Waals surface area contributed by atoms with E-state index in [0.29, 0.717) is 12.4 Å². The summed E-state index contributed by atoms with van der Waals surface area (Å²) >= 11 is 3.43. The van der Waals surface area contributed by atoms with Gasteiger partial charge in [0.2, 0.25) is 0 Å². The normalized spacial score (nSPS) is 10.1. The Morgan fingerprint density at radius 1 is 1.30 bits per heavy atom. The summed E-state index contributed by atoms with van der Waals surface area (Å²) < 4.78 is 1.04. The Morgan fingerprint density at radius 3 is 2.90 bits per heavy atom. The van der Waals surface area contributed by atoms with E-state index < -0.39 is 0 Å². The zero-order chi connectivity index (χ0) is 14.4. The number of pyridine rings is 1. The average Bonchev–Trinajstić information content (AvgIpc) is 2.38. The first kappa shape index (κ1) is 14.5. The highest BCUT2D eigenvalue weighted by Crippen LogP contribution is 2.11. The Hall–Kier alpha value is -1.88. The fraction of sp³-hybridized carbons (Fsp3) is 0.200. The number of hydrogen-bond donors (Lipinski definition) is 2. The number of carbonyl (C=O) groups excluding carboxylic acids is 1. The number of benzene rings is 1. The van der Waals surface area contributed by atoms with E-state index >= 15 is 0 Å². The molecule has 0 saturated carbocycles. The summed E-state index contributed by atoms with van der Waals surface area (Å²) in [6, 6.07) is 11.5. The molecule has 0 aliphatic carbocycles. The number of carbonyl (C=O) groups is 1. The van der Waals surface area contributed by atoms with Crippen LogP contribution in [0.15, 0.2) is 47.1 Å². The molecule has 2 rings (SSSR count).